The molecule has 0 aromatic carbocycles. The van der Waals surface area contributed by atoms with Crippen LogP contribution in [0.1, 0.15) is 27.4 Å². The fourth-order valence-electron chi connectivity index (χ4n) is 3.56. The smallest absolute Gasteiger partial charge is 0.255 e. The number of hydrogen-bond acceptors (Lipinski definition) is 5. The molecule has 1 aliphatic heterocycles. The predicted molar refractivity (Wildman–Crippen MR) is 107 cm³/mol. The molecule has 0 aliphatic carbocycles. The van der Waals surface area contributed by atoms with Gasteiger partial charge in [0.2, 0.25) is 0 Å². The van der Waals surface area contributed by atoms with Gasteiger partial charge in [0, 0.05) is 55.3 Å². The lowest BCUT2D eigenvalue weighted by molar-refractivity contribution is 0.0746. The molecule has 4 heterocycles. The number of aryl methyl sites for hydroxylation is 1. The molecule has 3 aromatic heterocycles. The molecule has 1 aliphatic rings. The van der Waals surface area contributed by atoms with Crippen molar-refractivity contribution in [2.24, 2.45) is 0 Å². The second kappa shape index (κ2) is 7.52. The molecule has 4 rings (SSSR count). The molecule has 6 nitrogen and oxygen atoms in total. The number of aromatic nitrogens is 3. The fraction of sp³-hybridized carbons (Fsp3) is 0.350. The maximum absolute atomic E-state index is 13.1. The highest BCUT2D eigenvalue weighted by molar-refractivity contribution is 7.13. The Kier molecular flexibility index (Phi) is 4.94. The maximum Gasteiger partial charge on any atom is 0.255 e. The topological polar surface area (TPSA) is 54.3 Å². The van der Waals surface area contributed by atoms with Crippen molar-refractivity contribution in [3.8, 4) is 0 Å². The van der Waals surface area contributed by atoms with E-state index in [2.05, 4.69) is 19.4 Å². The molecule has 1 saturated heterocycles. The van der Waals surface area contributed by atoms with Gasteiger partial charge in [-0.1, -0.05) is 6.07 Å². The van der Waals surface area contributed by atoms with E-state index in [9.17, 15) is 4.79 Å². The van der Waals surface area contributed by atoms with Gasteiger partial charge in [-0.15, -0.1) is 11.3 Å². The van der Waals surface area contributed by atoms with Gasteiger partial charge in [-0.05, 0) is 32.0 Å². The molecule has 0 bridgehead atoms. The molecule has 0 saturated carbocycles. The van der Waals surface area contributed by atoms with Crippen LogP contribution in [0, 0.1) is 13.8 Å². The third-order valence-electron chi connectivity index (χ3n) is 5.11. The van der Waals surface area contributed by atoms with Gasteiger partial charge in [0.25, 0.3) is 5.91 Å². The highest BCUT2D eigenvalue weighted by Crippen LogP contribution is 2.22. The van der Waals surface area contributed by atoms with E-state index in [4.69, 9.17) is 0 Å². The number of amides is 1. The lowest BCUT2D eigenvalue weighted by atomic mass is 10.2. The third kappa shape index (κ3) is 3.60. The zero-order valence-corrected chi connectivity index (χ0v) is 16.4. The maximum atomic E-state index is 13.1. The molecule has 1 fully saturated rings. The Bertz CT molecular complexity index is 912. The molecule has 0 spiro atoms. The zero-order valence-electron chi connectivity index (χ0n) is 15.6. The summed E-state index contributed by atoms with van der Waals surface area (Å²) in [5, 5.41) is 3.03. The molecule has 1 amide bonds. The third-order valence-corrected chi connectivity index (χ3v) is 5.94. The van der Waals surface area contributed by atoms with Gasteiger partial charge >= 0.3 is 0 Å². The van der Waals surface area contributed by atoms with Crippen LogP contribution in [0.4, 0.5) is 5.13 Å². The number of pyridine rings is 1. The first-order valence-electron chi connectivity index (χ1n) is 9.14. The minimum atomic E-state index is 0.120. The first-order chi connectivity index (χ1) is 13.1. The van der Waals surface area contributed by atoms with Crippen LogP contribution in [0.2, 0.25) is 0 Å². The van der Waals surface area contributed by atoms with Crippen molar-refractivity contribution in [1.29, 1.82) is 0 Å². The van der Waals surface area contributed by atoms with E-state index in [1.54, 1.807) is 17.5 Å². The highest BCUT2D eigenvalue weighted by Gasteiger charge is 2.26. The second-order valence-electron chi connectivity index (χ2n) is 6.79. The Hall–Kier alpha value is -2.67. The Morgan fingerprint density at radius 3 is 2.59 bits per heavy atom. The van der Waals surface area contributed by atoms with Gasteiger partial charge in [0.1, 0.15) is 0 Å². The first-order valence-corrected chi connectivity index (χ1v) is 10.0. The molecule has 140 valence electrons. The molecular formula is C20H23N5OS. The number of carbonyl (C=O) groups excluding carboxylic acids is 1. The summed E-state index contributed by atoms with van der Waals surface area (Å²) in [7, 11) is 0. The summed E-state index contributed by atoms with van der Waals surface area (Å²) in [6.07, 6.45) is 3.63. The van der Waals surface area contributed by atoms with Crippen molar-refractivity contribution in [2.45, 2.75) is 20.4 Å². The molecule has 0 atom stereocenters. The Labute approximate surface area is 163 Å². The minimum Gasteiger partial charge on any atom is -0.345 e. The molecule has 27 heavy (non-hydrogen) atoms. The van der Waals surface area contributed by atoms with Crippen LogP contribution in [0.15, 0.2) is 42.0 Å². The summed E-state index contributed by atoms with van der Waals surface area (Å²) in [5.74, 6) is 0.120. The predicted octanol–water partition coefficient (Wildman–Crippen LogP) is 2.97. The quantitative estimate of drug-likeness (QED) is 0.697. The van der Waals surface area contributed by atoms with Gasteiger partial charge in [0.15, 0.2) is 5.13 Å². The van der Waals surface area contributed by atoms with Crippen molar-refractivity contribution in [3.05, 3.63) is 64.7 Å². The van der Waals surface area contributed by atoms with Crippen LogP contribution in [0.3, 0.4) is 0 Å². The average molecular weight is 382 g/mol. The van der Waals surface area contributed by atoms with Crippen LogP contribution in [-0.2, 0) is 6.54 Å². The second-order valence-corrected chi connectivity index (χ2v) is 7.66. The van der Waals surface area contributed by atoms with Gasteiger partial charge in [-0.25, -0.2) is 4.98 Å². The lowest BCUT2D eigenvalue weighted by Crippen LogP contribution is -2.48. The number of piperazine rings is 1. The van der Waals surface area contributed by atoms with Gasteiger partial charge in [0.05, 0.1) is 17.8 Å². The molecule has 0 radical (unpaired) electrons. The van der Waals surface area contributed by atoms with E-state index in [1.807, 2.05) is 54.6 Å². The van der Waals surface area contributed by atoms with Crippen LogP contribution in [0.5, 0.6) is 0 Å². The molecule has 0 unspecified atom stereocenters. The number of hydrogen-bond donors (Lipinski definition) is 0. The van der Waals surface area contributed by atoms with Crippen molar-refractivity contribution in [1.82, 2.24) is 19.4 Å². The number of anilines is 1. The number of carbonyl (C=O) groups is 1. The van der Waals surface area contributed by atoms with E-state index in [0.717, 1.165) is 54.0 Å². The summed E-state index contributed by atoms with van der Waals surface area (Å²) in [4.78, 5) is 26.1. The van der Waals surface area contributed by atoms with Crippen LogP contribution < -0.4 is 4.90 Å². The number of rotatable bonds is 4. The van der Waals surface area contributed by atoms with Crippen molar-refractivity contribution < 1.29 is 4.79 Å². The fourth-order valence-corrected chi connectivity index (χ4v) is 4.25. The number of nitrogens with zero attached hydrogens (tertiary/aromatic N) is 5. The zero-order chi connectivity index (χ0) is 18.8. The monoisotopic (exact) mass is 381 g/mol. The van der Waals surface area contributed by atoms with Crippen LogP contribution in [0.25, 0.3) is 0 Å². The molecular weight excluding hydrogens is 358 g/mol. The first kappa shape index (κ1) is 17.7. The van der Waals surface area contributed by atoms with E-state index < -0.39 is 0 Å². The molecule has 0 N–H and O–H groups in total. The highest BCUT2D eigenvalue weighted by atomic mass is 32.1. The Morgan fingerprint density at radius 1 is 1.11 bits per heavy atom. The van der Waals surface area contributed by atoms with E-state index in [-0.39, 0.29) is 5.91 Å². The summed E-state index contributed by atoms with van der Waals surface area (Å²) in [6, 6.07) is 7.93. The van der Waals surface area contributed by atoms with Crippen molar-refractivity contribution in [2.75, 3.05) is 31.1 Å². The SMILES string of the molecule is Cc1cc(C(=O)N2CCN(c3nccs3)CC2)c(C)n1Cc1ccccn1. The van der Waals surface area contributed by atoms with E-state index in [1.165, 1.54) is 0 Å². The van der Waals surface area contributed by atoms with Crippen molar-refractivity contribution >= 4 is 22.4 Å². The largest absolute Gasteiger partial charge is 0.345 e. The summed E-state index contributed by atoms with van der Waals surface area (Å²) < 4.78 is 2.17. The summed E-state index contributed by atoms with van der Waals surface area (Å²) >= 11 is 1.65. The van der Waals surface area contributed by atoms with Crippen LogP contribution in [-0.4, -0.2) is 51.5 Å². The number of thiazole rings is 1. The summed E-state index contributed by atoms with van der Waals surface area (Å²) in [5.41, 5.74) is 3.88. The molecule has 7 heteroatoms. The minimum absolute atomic E-state index is 0.120. The van der Waals surface area contributed by atoms with E-state index >= 15 is 0 Å². The normalized spacial score (nSPS) is 14.6. The summed E-state index contributed by atoms with van der Waals surface area (Å²) in [6.45, 7) is 7.86. The van der Waals surface area contributed by atoms with Gasteiger partial charge < -0.3 is 14.4 Å². The van der Waals surface area contributed by atoms with E-state index in [0.29, 0.717) is 6.54 Å². The average Bonchev–Trinajstić information content (AvgIpc) is 3.33. The van der Waals surface area contributed by atoms with Gasteiger partial charge in [-0.2, -0.15) is 0 Å². The Morgan fingerprint density at radius 2 is 1.93 bits per heavy atom. The Balaban J connectivity index is 1.47. The molecule has 3 aromatic rings. The standard InChI is InChI=1S/C20H23N5OS/c1-15-13-18(16(2)25(15)14-17-5-3-4-6-21-17)19(26)23-8-10-24(11-9-23)20-22-7-12-27-20/h3-7,12-13H,8-11,14H2,1-2H3. The van der Waals surface area contributed by atoms with Crippen molar-refractivity contribution in [3.63, 3.8) is 0 Å². The van der Waals surface area contributed by atoms with Crippen LogP contribution >= 0.6 is 11.3 Å². The lowest BCUT2D eigenvalue weighted by Gasteiger charge is -2.34. The van der Waals surface area contributed by atoms with Gasteiger partial charge in [-0.3, -0.25) is 9.78 Å².